The first-order chi connectivity index (χ1) is 13.6. The Labute approximate surface area is 170 Å². The number of hydrogen-bond donors (Lipinski definition) is 2. The van der Waals surface area contributed by atoms with Gasteiger partial charge >= 0.3 is 0 Å². The van der Waals surface area contributed by atoms with Crippen LogP contribution in [0.2, 0.25) is 0 Å². The summed E-state index contributed by atoms with van der Waals surface area (Å²) in [6.07, 6.45) is 8.27. The minimum Gasteiger partial charge on any atom is -0.475 e. The molecule has 1 fully saturated rings. The smallest absolute Gasteiger partial charge is 0.213 e. The van der Waals surface area contributed by atoms with Crippen LogP contribution in [0.25, 0.3) is 0 Å². The van der Waals surface area contributed by atoms with Crippen molar-refractivity contribution >= 4 is 5.96 Å². The molecular weight excluding hydrogens is 352 g/mol. The maximum absolute atomic E-state index is 5.62. The van der Waals surface area contributed by atoms with Crippen LogP contribution in [0.3, 0.4) is 0 Å². The minimum atomic E-state index is 0.131. The molecule has 6 heteroatoms. The molecule has 0 bridgehead atoms. The lowest BCUT2D eigenvalue weighted by atomic mass is 9.83. The first-order valence-corrected chi connectivity index (χ1v) is 10.8. The molecule has 0 amide bonds. The summed E-state index contributed by atoms with van der Waals surface area (Å²) in [5, 5.41) is 6.94. The first-order valence-electron chi connectivity index (χ1n) is 10.8. The molecule has 0 radical (unpaired) electrons. The predicted molar refractivity (Wildman–Crippen MR) is 115 cm³/mol. The Hall–Kier alpha value is -1.82. The fraction of sp³-hybridized carbons (Fsp3) is 0.727. The average molecular weight is 391 g/mol. The molecule has 0 aliphatic heterocycles. The highest BCUT2D eigenvalue weighted by molar-refractivity contribution is 5.79. The number of nitrogens with zero attached hydrogens (tertiary/aromatic N) is 2. The molecule has 6 nitrogen and oxygen atoms in total. The van der Waals surface area contributed by atoms with Gasteiger partial charge in [0.1, 0.15) is 0 Å². The summed E-state index contributed by atoms with van der Waals surface area (Å²) in [6.45, 7) is 12.2. The van der Waals surface area contributed by atoms with Crippen LogP contribution in [0.15, 0.2) is 23.3 Å². The van der Waals surface area contributed by atoms with Crippen LogP contribution in [-0.4, -0.2) is 43.4 Å². The molecule has 0 spiro atoms. The number of aromatic nitrogens is 1. The standard InChI is InChI=1S/C22H38N4O2/c1-5-23-21(25-16-19-9-10-20(24-15-19)28-18(3)4)26-17-22(11-7-8-12-22)13-14-27-6-2/h9-10,15,18H,5-8,11-14,16-17H2,1-4H3,(H2,23,25,26). The fourth-order valence-corrected chi connectivity index (χ4v) is 3.67. The van der Waals surface area contributed by atoms with Crippen LogP contribution in [0.4, 0.5) is 0 Å². The molecule has 0 unspecified atom stereocenters. The molecule has 28 heavy (non-hydrogen) atoms. The average Bonchev–Trinajstić information content (AvgIpc) is 3.14. The number of nitrogens with one attached hydrogen (secondary N) is 2. The Bertz CT molecular complexity index is 581. The minimum absolute atomic E-state index is 0.131. The van der Waals surface area contributed by atoms with Gasteiger partial charge in [-0.3, -0.25) is 0 Å². The Morgan fingerprint density at radius 3 is 2.61 bits per heavy atom. The highest BCUT2D eigenvalue weighted by atomic mass is 16.5. The zero-order chi connectivity index (χ0) is 20.2. The number of hydrogen-bond acceptors (Lipinski definition) is 4. The van der Waals surface area contributed by atoms with E-state index in [9.17, 15) is 0 Å². The van der Waals surface area contributed by atoms with Crippen LogP contribution in [0.1, 0.15) is 65.4 Å². The second kappa shape index (κ2) is 11.9. The summed E-state index contributed by atoms with van der Waals surface area (Å²) in [7, 11) is 0. The third kappa shape index (κ3) is 7.66. The van der Waals surface area contributed by atoms with Crippen molar-refractivity contribution in [2.24, 2.45) is 10.4 Å². The van der Waals surface area contributed by atoms with Crippen molar-refractivity contribution in [1.29, 1.82) is 0 Å². The normalized spacial score (nSPS) is 16.4. The Morgan fingerprint density at radius 2 is 2.00 bits per heavy atom. The maximum Gasteiger partial charge on any atom is 0.213 e. The summed E-state index contributed by atoms with van der Waals surface area (Å²) in [6, 6.07) is 3.94. The third-order valence-electron chi connectivity index (χ3n) is 5.19. The number of rotatable bonds is 11. The van der Waals surface area contributed by atoms with Crippen molar-refractivity contribution < 1.29 is 9.47 Å². The van der Waals surface area contributed by atoms with Crippen molar-refractivity contribution in [2.45, 2.75) is 72.4 Å². The Kier molecular flexibility index (Phi) is 9.55. The van der Waals surface area contributed by atoms with E-state index in [1.54, 1.807) is 0 Å². The van der Waals surface area contributed by atoms with E-state index in [2.05, 4.69) is 29.5 Å². The number of pyridine rings is 1. The van der Waals surface area contributed by atoms with Crippen LogP contribution < -0.4 is 15.4 Å². The van der Waals surface area contributed by atoms with E-state index in [1.165, 1.54) is 25.7 Å². The molecule has 158 valence electrons. The van der Waals surface area contributed by atoms with Gasteiger partial charge in [-0.25, -0.2) is 9.98 Å². The summed E-state index contributed by atoms with van der Waals surface area (Å²) < 4.78 is 11.2. The van der Waals surface area contributed by atoms with E-state index >= 15 is 0 Å². The maximum atomic E-state index is 5.62. The predicted octanol–water partition coefficient (Wildman–Crippen LogP) is 3.91. The lowest BCUT2D eigenvalue weighted by Crippen LogP contribution is -2.43. The molecule has 1 aromatic rings. The SMILES string of the molecule is CCNC(=NCc1ccc(OC(C)C)nc1)NCC1(CCOCC)CCCC1. The molecule has 2 rings (SSSR count). The zero-order valence-electron chi connectivity index (χ0n) is 18.1. The van der Waals surface area contributed by atoms with Gasteiger partial charge in [-0.2, -0.15) is 0 Å². The highest BCUT2D eigenvalue weighted by Crippen LogP contribution is 2.40. The number of ether oxygens (including phenoxy) is 2. The van der Waals surface area contributed by atoms with Gasteiger partial charge in [0.25, 0.3) is 0 Å². The molecule has 1 aromatic heterocycles. The second-order valence-electron chi connectivity index (χ2n) is 7.87. The van der Waals surface area contributed by atoms with Gasteiger partial charge in [-0.15, -0.1) is 0 Å². The van der Waals surface area contributed by atoms with Crippen molar-refractivity contribution in [1.82, 2.24) is 15.6 Å². The Morgan fingerprint density at radius 1 is 1.21 bits per heavy atom. The van der Waals surface area contributed by atoms with E-state index in [0.717, 1.165) is 44.2 Å². The van der Waals surface area contributed by atoms with E-state index < -0.39 is 0 Å². The van der Waals surface area contributed by atoms with Crippen molar-refractivity contribution in [3.05, 3.63) is 23.9 Å². The van der Waals surface area contributed by atoms with Gasteiger partial charge in [-0.05, 0) is 57.9 Å². The van der Waals surface area contributed by atoms with Crippen LogP contribution in [-0.2, 0) is 11.3 Å². The van der Waals surface area contributed by atoms with E-state index in [0.29, 0.717) is 17.8 Å². The lowest BCUT2D eigenvalue weighted by Gasteiger charge is -2.30. The quantitative estimate of drug-likeness (QED) is 0.341. The molecule has 0 aromatic carbocycles. The summed E-state index contributed by atoms with van der Waals surface area (Å²) in [4.78, 5) is 9.10. The van der Waals surface area contributed by atoms with E-state index in [-0.39, 0.29) is 6.10 Å². The summed E-state index contributed by atoms with van der Waals surface area (Å²) >= 11 is 0. The van der Waals surface area contributed by atoms with Crippen LogP contribution in [0, 0.1) is 5.41 Å². The molecule has 0 atom stereocenters. The third-order valence-corrected chi connectivity index (χ3v) is 5.19. The number of guanidine groups is 1. The largest absolute Gasteiger partial charge is 0.475 e. The molecule has 1 aliphatic carbocycles. The highest BCUT2D eigenvalue weighted by Gasteiger charge is 2.33. The van der Waals surface area contributed by atoms with Gasteiger partial charge in [0.05, 0.1) is 12.6 Å². The topological polar surface area (TPSA) is 67.8 Å². The molecule has 1 aliphatic rings. The summed E-state index contributed by atoms with van der Waals surface area (Å²) in [5.41, 5.74) is 1.41. The molecular formula is C22H38N4O2. The van der Waals surface area contributed by atoms with E-state index in [1.807, 2.05) is 32.2 Å². The molecule has 2 N–H and O–H groups in total. The van der Waals surface area contributed by atoms with Crippen molar-refractivity contribution in [2.75, 3.05) is 26.3 Å². The number of aliphatic imine (C=N–C) groups is 1. The lowest BCUT2D eigenvalue weighted by molar-refractivity contribution is 0.105. The van der Waals surface area contributed by atoms with Crippen LogP contribution in [0.5, 0.6) is 5.88 Å². The van der Waals surface area contributed by atoms with E-state index in [4.69, 9.17) is 14.5 Å². The van der Waals surface area contributed by atoms with Crippen molar-refractivity contribution in [3.63, 3.8) is 0 Å². The molecule has 1 saturated carbocycles. The molecule has 1 heterocycles. The molecule has 0 saturated heterocycles. The van der Waals surface area contributed by atoms with Gasteiger partial charge in [0.15, 0.2) is 5.96 Å². The zero-order valence-corrected chi connectivity index (χ0v) is 18.1. The van der Waals surface area contributed by atoms with Gasteiger partial charge in [0, 0.05) is 38.6 Å². The Balaban J connectivity index is 1.92. The fourth-order valence-electron chi connectivity index (χ4n) is 3.67. The van der Waals surface area contributed by atoms with Gasteiger partial charge in [0.2, 0.25) is 5.88 Å². The second-order valence-corrected chi connectivity index (χ2v) is 7.87. The van der Waals surface area contributed by atoms with Gasteiger partial charge in [-0.1, -0.05) is 18.9 Å². The monoisotopic (exact) mass is 390 g/mol. The summed E-state index contributed by atoms with van der Waals surface area (Å²) in [5.74, 6) is 1.53. The first kappa shape index (κ1) is 22.5. The van der Waals surface area contributed by atoms with Crippen molar-refractivity contribution in [3.8, 4) is 5.88 Å². The van der Waals surface area contributed by atoms with Crippen LogP contribution >= 0.6 is 0 Å². The van der Waals surface area contributed by atoms with Gasteiger partial charge < -0.3 is 20.1 Å².